The molecule has 0 aliphatic heterocycles. The molecule has 1 aromatic carbocycles. The summed E-state index contributed by atoms with van der Waals surface area (Å²) in [6, 6.07) is 2.66. The van der Waals surface area contributed by atoms with E-state index in [1.54, 1.807) is 13.0 Å². The van der Waals surface area contributed by atoms with Crippen LogP contribution < -0.4 is 14.8 Å². The van der Waals surface area contributed by atoms with E-state index >= 15 is 0 Å². The van der Waals surface area contributed by atoms with Crippen LogP contribution in [-0.4, -0.2) is 37.2 Å². The number of ether oxygens (including phenoxy) is 2. The third-order valence-electron chi connectivity index (χ3n) is 2.55. The van der Waals surface area contributed by atoms with Gasteiger partial charge in [0.15, 0.2) is 11.5 Å². The summed E-state index contributed by atoms with van der Waals surface area (Å²) in [5, 5.41) is 11.3. The number of carbonyl (C=O) groups excluding carboxylic acids is 1. The Morgan fingerprint density at radius 1 is 1.35 bits per heavy atom. The maximum absolute atomic E-state index is 12.0. The van der Waals surface area contributed by atoms with Crippen molar-refractivity contribution in [2.75, 3.05) is 14.2 Å². The number of rotatable bonds is 6. The molecule has 0 heterocycles. The number of nitrogens with one attached hydrogen (secondary N) is 1. The number of amides is 1. The van der Waals surface area contributed by atoms with Gasteiger partial charge in [-0.3, -0.25) is 9.59 Å². The Balaban J connectivity index is 2.94. The SMILES string of the molecule is COc1cc(C(=O)NC(C)CC(=O)O)cc(Br)c1OC. The van der Waals surface area contributed by atoms with Crippen molar-refractivity contribution in [1.82, 2.24) is 5.32 Å². The van der Waals surface area contributed by atoms with Crippen molar-refractivity contribution in [2.45, 2.75) is 19.4 Å². The molecule has 0 saturated heterocycles. The lowest BCUT2D eigenvalue weighted by Crippen LogP contribution is -2.34. The minimum Gasteiger partial charge on any atom is -0.493 e. The van der Waals surface area contributed by atoms with Crippen LogP contribution in [0.5, 0.6) is 11.5 Å². The van der Waals surface area contributed by atoms with E-state index in [0.29, 0.717) is 21.5 Å². The van der Waals surface area contributed by atoms with Crippen LogP contribution in [0.4, 0.5) is 0 Å². The van der Waals surface area contributed by atoms with Gasteiger partial charge in [0.05, 0.1) is 25.1 Å². The summed E-state index contributed by atoms with van der Waals surface area (Å²) in [5.74, 6) is -0.438. The summed E-state index contributed by atoms with van der Waals surface area (Å²) in [7, 11) is 2.97. The molecule has 2 N–H and O–H groups in total. The Morgan fingerprint density at radius 2 is 2.00 bits per heavy atom. The third-order valence-corrected chi connectivity index (χ3v) is 3.14. The van der Waals surface area contributed by atoms with Gasteiger partial charge in [0.25, 0.3) is 5.91 Å². The maximum Gasteiger partial charge on any atom is 0.305 e. The van der Waals surface area contributed by atoms with Crippen LogP contribution in [0.3, 0.4) is 0 Å². The minimum absolute atomic E-state index is 0.139. The van der Waals surface area contributed by atoms with Crippen LogP contribution in [0.25, 0.3) is 0 Å². The lowest BCUT2D eigenvalue weighted by Gasteiger charge is -2.14. The van der Waals surface area contributed by atoms with Crippen molar-refractivity contribution in [3.05, 3.63) is 22.2 Å². The zero-order valence-electron chi connectivity index (χ0n) is 11.4. The van der Waals surface area contributed by atoms with Gasteiger partial charge in [0.2, 0.25) is 0 Å². The van der Waals surface area contributed by atoms with Gasteiger partial charge in [-0.2, -0.15) is 0 Å². The second-order valence-corrected chi connectivity index (χ2v) is 5.02. The van der Waals surface area contributed by atoms with E-state index in [9.17, 15) is 9.59 Å². The van der Waals surface area contributed by atoms with E-state index in [-0.39, 0.29) is 12.3 Å². The van der Waals surface area contributed by atoms with Crippen molar-refractivity contribution >= 4 is 27.8 Å². The highest BCUT2D eigenvalue weighted by atomic mass is 79.9. The van der Waals surface area contributed by atoms with Gasteiger partial charge in [-0.1, -0.05) is 0 Å². The van der Waals surface area contributed by atoms with Crippen LogP contribution >= 0.6 is 15.9 Å². The van der Waals surface area contributed by atoms with Gasteiger partial charge in [-0.15, -0.1) is 0 Å². The molecule has 1 rings (SSSR count). The normalized spacial score (nSPS) is 11.6. The minimum atomic E-state index is -0.966. The smallest absolute Gasteiger partial charge is 0.305 e. The molecular weight excluding hydrogens is 330 g/mol. The van der Waals surface area contributed by atoms with Crippen molar-refractivity contribution in [3.8, 4) is 11.5 Å². The van der Waals surface area contributed by atoms with E-state index < -0.39 is 12.0 Å². The highest BCUT2D eigenvalue weighted by molar-refractivity contribution is 9.10. The average molecular weight is 346 g/mol. The Labute approximate surface area is 125 Å². The fourth-order valence-corrected chi connectivity index (χ4v) is 2.27. The molecule has 0 saturated carbocycles. The standard InChI is InChI=1S/C13H16BrNO5/c1-7(4-11(16)17)15-13(18)8-5-9(14)12(20-3)10(6-8)19-2/h5-7H,4H2,1-3H3,(H,15,18)(H,16,17). The van der Waals surface area contributed by atoms with E-state index in [0.717, 1.165) is 0 Å². The Bertz CT molecular complexity index is 518. The second-order valence-electron chi connectivity index (χ2n) is 4.17. The van der Waals surface area contributed by atoms with E-state index in [1.807, 2.05) is 0 Å². The first-order valence-electron chi connectivity index (χ1n) is 5.83. The van der Waals surface area contributed by atoms with Crippen molar-refractivity contribution in [2.24, 2.45) is 0 Å². The molecule has 1 unspecified atom stereocenters. The Kier molecular flexibility index (Phi) is 5.82. The average Bonchev–Trinajstić information content (AvgIpc) is 2.36. The number of benzene rings is 1. The monoisotopic (exact) mass is 345 g/mol. The lowest BCUT2D eigenvalue weighted by molar-refractivity contribution is -0.137. The quantitative estimate of drug-likeness (QED) is 0.824. The fourth-order valence-electron chi connectivity index (χ4n) is 1.67. The highest BCUT2D eigenvalue weighted by Gasteiger charge is 2.17. The highest BCUT2D eigenvalue weighted by Crippen LogP contribution is 2.36. The summed E-state index contributed by atoms with van der Waals surface area (Å²) in [4.78, 5) is 22.6. The predicted octanol–water partition coefficient (Wildman–Crippen LogP) is 2.06. The number of carbonyl (C=O) groups is 2. The molecule has 110 valence electrons. The summed E-state index contributed by atoms with van der Waals surface area (Å²) >= 11 is 3.29. The maximum atomic E-state index is 12.0. The molecule has 1 atom stereocenters. The summed E-state index contributed by atoms with van der Waals surface area (Å²) in [6.07, 6.45) is -0.139. The molecule has 7 heteroatoms. The Hall–Kier alpha value is -1.76. The molecule has 0 fully saturated rings. The lowest BCUT2D eigenvalue weighted by atomic mass is 10.1. The van der Waals surface area contributed by atoms with Gasteiger partial charge in [0.1, 0.15) is 0 Å². The summed E-state index contributed by atoms with van der Waals surface area (Å²) < 4.78 is 10.9. The van der Waals surface area contributed by atoms with Crippen molar-refractivity contribution in [1.29, 1.82) is 0 Å². The van der Waals surface area contributed by atoms with Crippen LogP contribution in [0.2, 0.25) is 0 Å². The van der Waals surface area contributed by atoms with Gasteiger partial charge < -0.3 is 19.9 Å². The summed E-state index contributed by atoms with van der Waals surface area (Å²) in [6.45, 7) is 1.63. The van der Waals surface area contributed by atoms with Crippen molar-refractivity contribution in [3.63, 3.8) is 0 Å². The zero-order chi connectivity index (χ0) is 15.3. The van der Waals surface area contributed by atoms with Gasteiger partial charge >= 0.3 is 5.97 Å². The van der Waals surface area contributed by atoms with Crippen LogP contribution in [0.15, 0.2) is 16.6 Å². The number of aliphatic carboxylic acids is 1. The molecule has 1 amide bonds. The van der Waals surface area contributed by atoms with Crippen LogP contribution in [0.1, 0.15) is 23.7 Å². The molecule has 0 aliphatic carbocycles. The number of halogens is 1. The number of carboxylic acids is 1. The summed E-state index contributed by atoms with van der Waals surface area (Å²) in [5.41, 5.74) is 0.353. The molecule has 0 radical (unpaired) electrons. The molecular formula is C13H16BrNO5. The zero-order valence-corrected chi connectivity index (χ0v) is 13.0. The molecule has 1 aromatic rings. The van der Waals surface area contributed by atoms with Gasteiger partial charge in [-0.05, 0) is 35.0 Å². The number of methoxy groups -OCH3 is 2. The first-order chi connectivity index (χ1) is 9.38. The first-order valence-corrected chi connectivity index (χ1v) is 6.62. The Morgan fingerprint density at radius 3 is 2.50 bits per heavy atom. The topological polar surface area (TPSA) is 84.9 Å². The van der Waals surface area contributed by atoms with Gasteiger partial charge in [-0.25, -0.2) is 0 Å². The molecule has 0 bridgehead atoms. The van der Waals surface area contributed by atoms with Gasteiger partial charge in [0, 0.05) is 11.6 Å². The number of hydrogen-bond acceptors (Lipinski definition) is 4. The van der Waals surface area contributed by atoms with Crippen molar-refractivity contribution < 1.29 is 24.2 Å². The second kappa shape index (κ2) is 7.14. The van der Waals surface area contributed by atoms with E-state index in [1.165, 1.54) is 20.3 Å². The third kappa shape index (κ3) is 4.12. The molecule has 20 heavy (non-hydrogen) atoms. The predicted molar refractivity (Wildman–Crippen MR) is 76.4 cm³/mol. The molecule has 0 aromatic heterocycles. The number of hydrogen-bond donors (Lipinski definition) is 2. The van der Waals surface area contributed by atoms with Crippen LogP contribution in [-0.2, 0) is 4.79 Å². The first kappa shape index (κ1) is 16.3. The molecule has 0 spiro atoms. The largest absolute Gasteiger partial charge is 0.493 e. The molecule has 6 nitrogen and oxygen atoms in total. The van der Waals surface area contributed by atoms with Crippen LogP contribution in [0, 0.1) is 0 Å². The fraction of sp³-hybridized carbons (Fsp3) is 0.385. The molecule has 0 aliphatic rings. The van der Waals surface area contributed by atoms with E-state index in [2.05, 4.69) is 21.2 Å². The van der Waals surface area contributed by atoms with E-state index in [4.69, 9.17) is 14.6 Å². The number of carboxylic acid groups (broad SMARTS) is 1.